The molecule has 1 aromatic carbocycles. The number of fused-ring (bicyclic) bond motifs is 1. The Bertz CT molecular complexity index is 1030. The smallest absolute Gasteiger partial charge is 0.339 e. The van der Waals surface area contributed by atoms with E-state index in [-0.39, 0.29) is 19.4 Å². The van der Waals surface area contributed by atoms with E-state index in [0.29, 0.717) is 29.0 Å². The normalized spacial score (nSPS) is 14.6. The van der Waals surface area contributed by atoms with E-state index in [2.05, 4.69) is 5.32 Å². The Labute approximate surface area is 166 Å². The summed E-state index contributed by atoms with van der Waals surface area (Å²) in [6.07, 6.45) is -1.08. The first kappa shape index (κ1) is 20.4. The van der Waals surface area contributed by atoms with Crippen LogP contribution in [-0.4, -0.2) is 49.1 Å². The SMILES string of the molecule is COc1ccc2c(C)c(CCC(=O)OC(C)C(=O)N3CCNC3=O)c(=O)oc2c1. The zero-order valence-corrected chi connectivity index (χ0v) is 16.4. The molecule has 1 atom stereocenters. The molecule has 2 aromatic rings. The Balaban J connectivity index is 1.67. The number of urea groups is 1. The van der Waals surface area contributed by atoms with Crippen molar-refractivity contribution < 1.29 is 28.3 Å². The summed E-state index contributed by atoms with van der Waals surface area (Å²) in [7, 11) is 1.52. The first-order chi connectivity index (χ1) is 13.8. The lowest BCUT2D eigenvalue weighted by molar-refractivity contribution is -0.157. The molecule has 1 fully saturated rings. The number of rotatable bonds is 6. The van der Waals surface area contributed by atoms with E-state index in [4.69, 9.17) is 13.9 Å². The van der Waals surface area contributed by atoms with Crippen molar-refractivity contribution in [2.45, 2.75) is 32.8 Å². The molecule has 29 heavy (non-hydrogen) atoms. The van der Waals surface area contributed by atoms with Gasteiger partial charge in [-0.05, 0) is 38.0 Å². The van der Waals surface area contributed by atoms with E-state index in [1.165, 1.54) is 14.0 Å². The molecule has 1 aromatic heterocycles. The predicted molar refractivity (Wildman–Crippen MR) is 103 cm³/mol. The van der Waals surface area contributed by atoms with Crippen LogP contribution in [0.1, 0.15) is 24.5 Å². The second-order valence-electron chi connectivity index (χ2n) is 6.71. The van der Waals surface area contributed by atoms with Crippen molar-refractivity contribution in [2.75, 3.05) is 20.2 Å². The van der Waals surface area contributed by atoms with Gasteiger partial charge in [0, 0.05) is 36.5 Å². The topological polar surface area (TPSA) is 115 Å². The van der Waals surface area contributed by atoms with Gasteiger partial charge in [0.2, 0.25) is 0 Å². The number of esters is 1. The molecule has 0 spiro atoms. The summed E-state index contributed by atoms with van der Waals surface area (Å²) < 4.78 is 15.6. The molecule has 0 saturated carbocycles. The molecule has 3 amide bonds. The number of hydrogen-bond donors (Lipinski definition) is 1. The fraction of sp³-hybridized carbons (Fsp3) is 0.400. The van der Waals surface area contributed by atoms with Gasteiger partial charge in [0.25, 0.3) is 5.91 Å². The molecule has 1 aliphatic heterocycles. The summed E-state index contributed by atoms with van der Waals surface area (Å²) in [4.78, 5) is 49.2. The Morgan fingerprint density at radius 3 is 2.72 bits per heavy atom. The van der Waals surface area contributed by atoms with Gasteiger partial charge in [0.1, 0.15) is 11.3 Å². The average molecular weight is 402 g/mol. The minimum Gasteiger partial charge on any atom is -0.497 e. The van der Waals surface area contributed by atoms with Crippen molar-refractivity contribution >= 4 is 28.9 Å². The monoisotopic (exact) mass is 402 g/mol. The van der Waals surface area contributed by atoms with Crippen molar-refractivity contribution in [3.63, 3.8) is 0 Å². The quantitative estimate of drug-likeness (QED) is 0.575. The number of nitrogens with zero attached hydrogens (tertiary/aromatic N) is 1. The molecule has 1 aliphatic rings. The van der Waals surface area contributed by atoms with E-state index < -0.39 is 29.6 Å². The molecular weight excluding hydrogens is 380 g/mol. The van der Waals surface area contributed by atoms with Crippen molar-refractivity contribution in [1.29, 1.82) is 0 Å². The van der Waals surface area contributed by atoms with E-state index in [9.17, 15) is 19.2 Å². The van der Waals surface area contributed by atoms with Crippen LogP contribution in [0.3, 0.4) is 0 Å². The highest BCUT2D eigenvalue weighted by Crippen LogP contribution is 2.24. The van der Waals surface area contributed by atoms with Crippen LogP contribution in [-0.2, 0) is 20.7 Å². The zero-order chi connectivity index (χ0) is 21.1. The van der Waals surface area contributed by atoms with Crippen LogP contribution in [0.25, 0.3) is 11.0 Å². The van der Waals surface area contributed by atoms with Gasteiger partial charge in [0.05, 0.1) is 7.11 Å². The van der Waals surface area contributed by atoms with Crippen molar-refractivity contribution in [3.8, 4) is 5.75 Å². The van der Waals surface area contributed by atoms with Gasteiger partial charge in [-0.3, -0.25) is 14.5 Å². The molecule has 9 nitrogen and oxygen atoms in total. The van der Waals surface area contributed by atoms with Crippen LogP contribution in [0.5, 0.6) is 5.75 Å². The van der Waals surface area contributed by atoms with E-state index in [1.807, 2.05) is 0 Å². The summed E-state index contributed by atoms with van der Waals surface area (Å²) in [5.74, 6) is -0.649. The minimum absolute atomic E-state index is 0.100. The second-order valence-corrected chi connectivity index (χ2v) is 6.71. The number of aryl methyl sites for hydroxylation is 1. The molecule has 0 radical (unpaired) electrons. The molecule has 9 heteroatoms. The third-order valence-corrected chi connectivity index (χ3v) is 4.85. The third kappa shape index (κ3) is 4.23. The van der Waals surface area contributed by atoms with Crippen molar-refractivity contribution in [3.05, 3.63) is 39.7 Å². The average Bonchev–Trinajstić information content (AvgIpc) is 3.12. The van der Waals surface area contributed by atoms with Crippen LogP contribution in [0.2, 0.25) is 0 Å². The highest BCUT2D eigenvalue weighted by Gasteiger charge is 2.31. The van der Waals surface area contributed by atoms with Crippen LogP contribution >= 0.6 is 0 Å². The maximum Gasteiger partial charge on any atom is 0.339 e. The van der Waals surface area contributed by atoms with Gasteiger partial charge in [0.15, 0.2) is 6.10 Å². The maximum atomic E-state index is 12.3. The fourth-order valence-corrected chi connectivity index (χ4v) is 3.23. The maximum absolute atomic E-state index is 12.3. The number of carbonyl (C=O) groups excluding carboxylic acids is 3. The fourth-order valence-electron chi connectivity index (χ4n) is 3.23. The summed E-state index contributed by atoms with van der Waals surface area (Å²) in [6.45, 7) is 3.80. The Kier molecular flexibility index (Phi) is 5.86. The molecule has 2 heterocycles. The highest BCUT2D eigenvalue weighted by molar-refractivity contribution is 5.98. The van der Waals surface area contributed by atoms with Gasteiger partial charge in [-0.15, -0.1) is 0 Å². The number of amides is 3. The number of ether oxygens (including phenoxy) is 2. The van der Waals surface area contributed by atoms with Crippen LogP contribution in [0.15, 0.2) is 27.4 Å². The molecular formula is C20H22N2O7. The second kappa shape index (κ2) is 8.34. The number of nitrogens with one attached hydrogen (secondary N) is 1. The van der Waals surface area contributed by atoms with Gasteiger partial charge in [-0.25, -0.2) is 9.59 Å². The molecule has 0 bridgehead atoms. The predicted octanol–water partition coefficient (Wildman–Crippen LogP) is 1.53. The summed E-state index contributed by atoms with van der Waals surface area (Å²) in [6, 6.07) is 4.67. The molecule has 154 valence electrons. The number of methoxy groups -OCH3 is 1. The zero-order valence-electron chi connectivity index (χ0n) is 16.4. The van der Waals surface area contributed by atoms with Crippen LogP contribution < -0.4 is 15.7 Å². The number of carbonyl (C=O) groups is 3. The van der Waals surface area contributed by atoms with Gasteiger partial charge in [-0.2, -0.15) is 0 Å². The first-order valence-electron chi connectivity index (χ1n) is 9.21. The van der Waals surface area contributed by atoms with E-state index in [1.54, 1.807) is 25.1 Å². The molecule has 0 aliphatic carbocycles. The van der Waals surface area contributed by atoms with Gasteiger partial charge in [-0.1, -0.05) is 0 Å². The number of benzene rings is 1. The molecule has 1 N–H and O–H groups in total. The van der Waals surface area contributed by atoms with Crippen molar-refractivity contribution in [1.82, 2.24) is 10.2 Å². The Hall–Kier alpha value is -3.36. The van der Waals surface area contributed by atoms with Gasteiger partial charge < -0.3 is 19.2 Å². The molecule has 3 rings (SSSR count). The Morgan fingerprint density at radius 2 is 2.07 bits per heavy atom. The van der Waals surface area contributed by atoms with Crippen LogP contribution in [0, 0.1) is 6.92 Å². The first-order valence-corrected chi connectivity index (χ1v) is 9.21. The lowest BCUT2D eigenvalue weighted by Gasteiger charge is -2.18. The Morgan fingerprint density at radius 1 is 1.31 bits per heavy atom. The molecule has 1 saturated heterocycles. The lowest BCUT2D eigenvalue weighted by Crippen LogP contribution is -2.41. The number of hydrogen-bond acceptors (Lipinski definition) is 7. The number of imide groups is 1. The highest BCUT2D eigenvalue weighted by atomic mass is 16.5. The third-order valence-electron chi connectivity index (χ3n) is 4.85. The minimum atomic E-state index is -1.09. The lowest BCUT2D eigenvalue weighted by atomic mass is 10.0. The summed E-state index contributed by atoms with van der Waals surface area (Å²) >= 11 is 0. The van der Waals surface area contributed by atoms with Crippen molar-refractivity contribution in [2.24, 2.45) is 0 Å². The summed E-state index contributed by atoms with van der Waals surface area (Å²) in [5.41, 5.74) is 0.956. The molecule has 1 unspecified atom stereocenters. The largest absolute Gasteiger partial charge is 0.497 e. The van der Waals surface area contributed by atoms with E-state index in [0.717, 1.165) is 10.3 Å². The van der Waals surface area contributed by atoms with Crippen LogP contribution in [0.4, 0.5) is 4.79 Å². The summed E-state index contributed by atoms with van der Waals surface area (Å²) in [5, 5.41) is 3.26. The van der Waals surface area contributed by atoms with Gasteiger partial charge >= 0.3 is 17.6 Å². The van der Waals surface area contributed by atoms with E-state index >= 15 is 0 Å². The standard InChI is InChI=1S/C20H22N2O7/c1-11-14-5-4-13(27-3)10-16(14)29-19(25)15(11)6-7-17(23)28-12(2)18(24)22-9-8-21-20(22)26/h4-5,10,12H,6-9H2,1-3H3,(H,21,26).